The number of piperidine rings is 1. The van der Waals surface area contributed by atoms with Crippen molar-refractivity contribution in [2.75, 3.05) is 19.6 Å². The maximum atomic E-state index is 12.1. The van der Waals surface area contributed by atoms with Crippen LogP contribution >= 0.6 is 0 Å². The SMILES string of the molecule is C#CC1CC[N+]([CH-]CCC(=O)ON2C(=O)CCC2=O)(CCCC(=O)ON2C(=O)CCC2=O)CC1. The van der Waals surface area contributed by atoms with Crippen molar-refractivity contribution in [1.29, 1.82) is 0 Å². The molecule has 0 aromatic heterocycles. The molecule has 11 heteroatoms. The Labute approximate surface area is 197 Å². The summed E-state index contributed by atoms with van der Waals surface area (Å²) in [4.78, 5) is 80.4. The molecule has 0 atom stereocenters. The molecule has 0 radical (unpaired) electrons. The lowest BCUT2D eigenvalue weighted by Crippen LogP contribution is -2.51. The van der Waals surface area contributed by atoms with Crippen molar-refractivity contribution in [3.05, 3.63) is 6.54 Å². The van der Waals surface area contributed by atoms with E-state index < -0.39 is 35.6 Å². The molecule has 0 unspecified atom stereocenters. The normalized spacial score (nSPS) is 25.0. The first-order valence-corrected chi connectivity index (χ1v) is 11.5. The minimum Gasteiger partial charge on any atom is -0.454 e. The molecule has 34 heavy (non-hydrogen) atoms. The van der Waals surface area contributed by atoms with Gasteiger partial charge >= 0.3 is 11.9 Å². The van der Waals surface area contributed by atoms with Crippen molar-refractivity contribution < 1.29 is 42.9 Å². The van der Waals surface area contributed by atoms with E-state index in [4.69, 9.17) is 16.1 Å². The van der Waals surface area contributed by atoms with E-state index in [1.807, 2.05) is 6.54 Å². The molecular formula is C23H29N3O8. The zero-order chi connectivity index (χ0) is 24.7. The molecule has 3 aliphatic rings. The van der Waals surface area contributed by atoms with Crippen LogP contribution in [0, 0.1) is 24.8 Å². The van der Waals surface area contributed by atoms with Crippen molar-refractivity contribution >= 4 is 35.6 Å². The van der Waals surface area contributed by atoms with Crippen LogP contribution in [0.5, 0.6) is 0 Å². The number of likely N-dealkylation sites (tertiary alicyclic amines) is 1. The van der Waals surface area contributed by atoms with Crippen LogP contribution in [0.25, 0.3) is 0 Å². The molecule has 184 valence electrons. The minimum absolute atomic E-state index is 0.00312. The smallest absolute Gasteiger partial charge is 0.333 e. The van der Waals surface area contributed by atoms with Gasteiger partial charge in [-0.25, -0.2) is 9.59 Å². The third-order valence-electron chi connectivity index (χ3n) is 6.33. The van der Waals surface area contributed by atoms with Crippen LogP contribution in [0.2, 0.25) is 0 Å². The van der Waals surface area contributed by atoms with E-state index in [2.05, 4.69) is 5.92 Å². The molecule has 3 aliphatic heterocycles. The predicted molar refractivity (Wildman–Crippen MR) is 114 cm³/mol. The average Bonchev–Trinajstić information content (AvgIpc) is 3.30. The number of nitrogens with zero attached hydrogens (tertiary/aromatic N) is 3. The summed E-state index contributed by atoms with van der Waals surface area (Å²) in [6, 6.07) is 0. The quantitative estimate of drug-likeness (QED) is 0.196. The maximum Gasteiger partial charge on any atom is 0.333 e. The van der Waals surface area contributed by atoms with Crippen LogP contribution in [0.4, 0.5) is 0 Å². The second-order valence-electron chi connectivity index (χ2n) is 8.75. The first-order valence-electron chi connectivity index (χ1n) is 11.5. The standard InChI is InChI=1S/C23H29N3O8/c1-2-17-11-15-26(16-12-17,13-3-5-22(31)33-24-18(27)7-8-19(24)28)14-4-6-23(32)34-25-20(29)9-10-21(25)30/h1,13,17H,3-12,14-16H2. The zero-order valence-electron chi connectivity index (χ0n) is 19.0. The van der Waals surface area contributed by atoms with Gasteiger partial charge in [-0.15, -0.1) is 35.4 Å². The molecule has 0 aromatic rings. The highest BCUT2D eigenvalue weighted by molar-refractivity contribution is 6.02. The molecule has 3 heterocycles. The minimum atomic E-state index is -0.667. The molecule has 3 saturated heterocycles. The molecular weight excluding hydrogens is 446 g/mol. The molecule has 4 amide bonds. The summed E-state index contributed by atoms with van der Waals surface area (Å²) in [7, 11) is 0. The Bertz CT molecular complexity index is 810. The highest BCUT2D eigenvalue weighted by atomic mass is 16.7. The van der Waals surface area contributed by atoms with Crippen molar-refractivity contribution in [1.82, 2.24) is 10.1 Å². The Balaban J connectivity index is 1.47. The monoisotopic (exact) mass is 475 g/mol. The van der Waals surface area contributed by atoms with Crippen LogP contribution in [0.1, 0.15) is 64.2 Å². The number of hydrogen-bond donors (Lipinski definition) is 0. The van der Waals surface area contributed by atoms with Gasteiger partial charge in [0.2, 0.25) is 0 Å². The van der Waals surface area contributed by atoms with Gasteiger partial charge in [0.1, 0.15) is 0 Å². The number of quaternary nitrogens is 1. The van der Waals surface area contributed by atoms with Crippen molar-refractivity contribution in [3.8, 4) is 12.3 Å². The van der Waals surface area contributed by atoms with E-state index >= 15 is 0 Å². The molecule has 3 fully saturated rings. The summed E-state index contributed by atoms with van der Waals surface area (Å²) >= 11 is 0. The van der Waals surface area contributed by atoms with E-state index in [-0.39, 0.29) is 44.4 Å². The fraction of sp³-hybridized carbons (Fsp3) is 0.609. The summed E-state index contributed by atoms with van der Waals surface area (Å²) in [6.45, 7) is 4.06. The third-order valence-corrected chi connectivity index (χ3v) is 6.33. The Morgan fingerprint density at radius 3 is 1.82 bits per heavy atom. The molecule has 0 bridgehead atoms. The second-order valence-corrected chi connectivity index (χ2v) is 8.75. The number of rotatable bonds is 10. The highest BCUT2D eigenvalue weighted by Crippen LogP contribution is 2.28. The van der Waals surface area contributed by atoms with Crippen molar-refractivity contribution in [3.63, 3.8) is 0 Å². The van der Waals surface area contributed by atoms with Crippen LogP contribution in [-0.4, -0.2) is 69.8 Å². The Kier molecular flexibility index (Phi) is 8.39. The number of imide groups is 2. The molecule has 0 aliphatic carbocycles. The van der Waals surface area contributed by atoms with Crippen LogP contribution in [-0.2, 0) is 38.4 Å². The number of hydrogen-bond acceptors (Lipinski definition) is 8. The number of carbonyl (C=O) groups excluding carboxylic acids is 6. The van der Waals surface area contributed by atoms with Crippen LogP contribution in [0.15, 0.2) is 0 Å². The van der Waals surface area contributed by atoms with E-state index in [1.54, 1.807) is 0 Å². The summed E-state index contributed by atoms with van der Waals surface area (Å²) in [5.74, 6) is -0.443. The average molecular weight is 475 g/mol. The first-order chi connectivity index (χ1) is 16.2. The van der Waals surface area contributed by atoms with Gasteiger partial charge in [0.15, 0.2) is 0 Å². The predicted octanol–water partition coefficient (Wildman–Crippen LogP) is 0.783. The lowest BCUT2D eigenvalue weighted by atomic mass is 9.94. The Morgan fingerprint density at radius 2 is 1.35 bits per heavy atom. The van der Waals surface area contributed by atoms with Crippen molar-refractivity contribution in [2.24, 2.45) is 5.92 Å². The lowest BCUT2D eigenvalue weighted by Gasteiger charge is -2.51. The van der Waals surface area contributed by atoms with Gasteiger partial charge in [-0.1, -0.05) is 0 Å². The highest BCUT2D eigenvalue weighted by Gasteiger charge is 2.34. The summed E-state index contributed by atoms with van der Waals surface area (Å²) in [6.07, 6.45) is 8.17. The van der Waals surface area contributed by atoms with Gasteiger partial charge in [-0.05, 0) is 0 Å². The van der Waals surface area contributed by atoms with Crippen LogP contribution in [0.3, 0.4) is 0 Å². The van der Waals surface area contributed by atoms with E-state index in [0.717, 1.165) is 25.9 Å². The fourth-order valence-electron chi connectivity index (χ4n) is 4.35. The summed E-state index contributed by atoms with van der Waals surface area (Å²) in [5.41, 5.74) is 0. The van der Waals surface area contributed by atoms with E-state index in [0.29, 0.717) is 34.0 Å². The van der Waals surface area contributed by atoms with E-state index in [1.165, 1.54) is 0 Å². The van der Waals surface area contributed by atoms with Crippen molar-refractivity contribution in [2.45, 2.75) is 64.2 Å². The largest absolute Gasteiger partial charge is 0.454 e. The van der Waals surface area contributed by atoms with Gasteiger partial charge in [0, 0.05) is 57.3 Å². The van der Waals surface area contributed by atoms with Gasteiger partial charge in [-0.3, -0.25) is 19.2 Å². The summed E-state index contributed by atoms with van der Waals surface area (Å²) < 4.78 is 0.544. The topological polar surface area (TPSA) is 127 Å². The summed E-state index contributed by atoms with van der Waals surface area (Å²) in [5, 5.41) is 1.07. The van der Waals surface area contributed by atoms with Gasteiger partial charge < -0.3 is 14.2 Å². The Morgan fingerprint density at radius 1 is 0.882 bits per heavy atom. The van der Waals surface area contributed by atoms with Gasteiger partial charge in [0.05, 0.1) is 26.1 Å². The number of hydroxylamine groups is 4. The molecule has 3 rings (SSSR count). The molecule has 0 aromatic carbocycles. The van der Waals surface area contributed by atoms with Gasteiger partial charge in [-0.2, -0.15) is 0 Å². The van der Waals surface area contributed by atoms with Gasteiger partial charge in [0.25, 0.3) is 23.6 Å². The Hall–Kier alpha value is -3.26. The molecule has 11 nitrogen and oxygen atoms in total. The first kappa shape index (κ1) is 25.4. The second kappa shape index (κ2) is 11.2. The molecule has 0 N–H and O–H groups in total. The zero-order valence-corrected chi connectivity index (χ0v) is 19.0. The fourth-order valence-corrected chi connectivity index (χ4v) is 4.35. The molecule has 0 spiro atoms. The van der Waals surface area contributed by atoms with Crippen LogP contribution < -0.4 is 0 Å². The molecule has 0 saturated carbocycles. The number of carbonyl (C=O) groups is 6. The third kappa shape index (κ3) is 6.41. The van der Waals surface area contributed by atoms with E-state index in [9.17, 15) is 28.8 Å². The lowest BCUT2D eigenvalue weighted by molar-refractivity contribution is -0.906. The number of amides is 4. The number of terminal acetylenes is 1. The maximum absolute atomic E-state index is 12.1.